The summed E-state index contributed by atoms with van der Waals surface area (Å²) in [5, 5.41) is 26.5. The van der Waals surface area contributed by atoms with E-state index in [4.69, 9.17) is 10.5 Å². The number of benzene rings is 2. The molecule has 0 aromatic heterocycles. The number of rotatable bonds is 2. The van der Waals surface area contributed by atoms with Crippen LogP contribution < -0.4 is 0 Å². The first-order chi connectivity index (χ1) is 10.8. The molecule has 0 amide bonds. The summed E-state index contributed by atoms with van der Waals surface area (Å²) in [6.07, 6.45) is 0. The first-order valence-electron chi connectivity index (χ1n) is 7.02. The van der Waals surface area contributed by atoms with Crippen LogP contribution in [0.5, 0.6) is 0 Å². The average molecular weight is 306 g/mol. The molecule has 0 unspecified atom stereocenters. The molecule has 0 bridgehead atoms. The number of carbonyl (C=O) groups is 1. The minimum atomic E-state index is -0.825. The Labute approximate surface area is 136 Å². The van der Waals surface area contributed by atoms with E-state index >= 15 is 0 Å². The van der Waals surface area contributed by atoms with Gasteiger partial charge < -0.3 is 5.11 Å². The average Bonchev–Trinajstić information content (AvgIpc) is 2.54. The Bertz CT molecular complexity index is 740. The first-order valence-corrected chi connectivity index (χ1v) is 7.02. The van der Waals surface area contributed by atoms with Crippen molar-refractivity contribution >= 4 is 5.78 Å². The maximum Gasteiger partial charge on any atom is 0.159 e. The molecule has 0 aliphatic rings. The zero-order valence-electron chi connectivity index (χ0n) is 13.4. The zero-order valence-corrected chi connectivity index (χ0v) is 13.4. The molecule has 2 rings (SSSR count). The van der Waals surface area contributed by atoms with Crippen LogP contribution in [0.2, 0.25) is 0 Å². The van der Waals surface area contributed by atoms with Crippen molar-refractivity contribution in [3.63, 3.8) is 0 Å². The molecule has 0 atom stereocenters. The van der Waals surface area contributed by atoms with Crippen molar-refractivity contribution in [1.82, 2.24) is 0 Å². The standard InChI is InChI=1S/C10H11NO.C9H7NO/c1-10(2,12)9-5-3-8(7-11)4-6-9;1-7(11)9-4-2-8(6-10)3-5-9/h3-6,12H,1-2H3;2-5H,1H3. The molecule has 0 radical (unpaired) electrons. The predicted octanol–water partition coefficient (Wildman–Crippen LogP) is 3.55. The summed E-state index contributed by atoms with van der Waals surface area (Å²) >= 11 is 0. The fraction of sp³-hybridized carbons (Fsp3) is 0.211. The van der Waals surface area contributed by atoms with Crippen molar-refractivity contribution < 1.29 is 9.90 Å². The lowest BCUT2D eigenvalue weighted by molar-refractivity contribution is 0.0786. The lowest BCUT2D eigenvalue weighted by atomic mass is 9.98. The molecule has 1 N–H and O–H groups in total. The van der Waals surface area contributed by atoms with Crippen molar-refractivity contribution in [2.24, 2.45) is 0 Å². The van der Waals surface area contributed by atoms with Crippen LogP contribution >= 0.6 is 0 Å². The van der Waals surface area contributed by atoms with Gasteiger partial charge in [0.2, 0.25) is 0 Å². The quantitative estimate of drug-likeness (QED) is 0.860. The second kappa shape index (κ2) is 7.89. The van der Waals surface area contributed by atoms with Gasteiger partial charge in [0.25, 0.3) is 0 Å². The zero-order chi connectivity index (χ0) is 17.5. The molecule has 0 saturated heterocycles. The van der Waals surface area contributed by atoms with Gasteiger partial charge in [-0.2, -0.15) is 10.5 Å². The molecule has 0 heterocycles. The van der Waals surface area contributed by atoms with Crippen LogP contribution in [0.15, 0.2) is 48.5 Å². The van der Waals surface area contributed by atoms with Gasteiger partial charge >= 0.3 is 0 Å². The van der Waals surface area contributed by atoms with E-state index in [0.717, 1.165) is 5.56 Å². The van der Waals surface area contributed by atoms with Crippen LogP contribution in [0.25, 0.3) is 0 Å². The Balaban J connectivity index is 0.000000231. The number of hydrogen-bond donors (Lipinski definition) is 1. The summed E-state index contributed by atoms with van der Waals surface area (Å²) < 4.78 is 0. The maximum absolute atomic E-state index is 10.8. The molecule has 2 aromatic carbocycles. The number of hydrogen-bond acceptors (Lipinski definition) is 4. The van der Waals surface area contributed by atoms with E-state index in [9.17, 15) is 9.90 Å². The lowest BCUT2D eigenvalue weighted by Crippen LogP contribution is -2.14. The van der Waals surface area contributed by atoms with Gasteiger partial charge in [-0.05, 0) is 50.6 Å². The molecule has 116 valence electrons. The van der Waals surface area contributed by atoms with Crippen LogP contribution in [0.4, 0.5) is 0 Å². The third-order valence-corrected chi connectivity index (χ3v) is 3.14. The lowest BCUT2D eigenvalue weighted by Gasteiger charge is -2.17. The number of nitrogens with zero attached hydrogens (tertiary/aromatic N) is 2. The van der Waals surface area contributed by atoms with Gasteiger partial charge in [0.05, 0.1) is 28.9 Å². The highest BCUT2D eigenvalue weighted by molar-refractivity contribution is 5.94. The summed E-state index contributed by atoms with van der Waals surface area (Å²) in [5.74, 6) is 0.0227. The van der Waals surface area contributed by atoms with Crippen LogP contribution in [0, 0.1) is 22.7 Å². The fourth-order valence-corrected chi connectivity index (χ4v) is 1.73. The van der Waals surface area contributed by atoms with E-state index in [0.29, 0.717) is 16.7 Å². The highest BCUT2D eigenvalue weighted by Crippen LogP contribution is 2.19. The van der Waals surface area contributed by atoms with Crippen molar-refractivity contribution in [2.75, 3.05) is 0 Å². The second-order valence-corrected chi connectivity index (χ2v) is 5.49. The summed E-state index contributed by atoms with van der Waals surface area (Å²) in [6.45, 7) is 4.93. The van der Waals surface area contributed by atoms with Crippen molar-refractivity contribution in [1.29, 1.82) is 10.5 Å². The van der Waals surface area contributed by atoms with Crippen LogP contribution in [-0.4, -0.2) is 10.9 Å². The van der Waals surface area contributed by atoms with E-state index in [-0.39, 0.29) is 5.78 Å². The number of nitriles is 2. The first kappa shape index (κ1) is 18.1. The van der Waals surface area contributed by atoms with Crippen LogP contribution in [0.3, 0.4) is 0 Å². The number of ketones is 1. The van der Waals surface area contributed by atoms with Gasteiger partial charge in [-0.3, -0.25) is 4.79 Å². The Morgan fingerprint density at radius 1 is 0.913 bits per heavy atom. The van der Waals surface area contributed by atoms with Crippen molar-refractivity contribution in [2.45, 2.75) is 26.4 Å². The number of carbonyl (C=O) groups excluding carboxylic acids is 1. The minimum absolute atomic E-state index is 0.0227. The van der Waals surface area contributed by atoms with E-state index in [1.165, 1.54) is 6.92 Å². The molecule has 0 saturated carbocycles. The summed E-state index contributed by atoms with van der Waals surface area (Å²) in [6, 6.07) is 17.5. The Morgan fingerprint density at radius 3 is 1.61 bits per heavy atom. The largest absolute Gasteiger partial charge is 0.386 e. The maximum atomic E-state index is 10.8. The summed E-state index contributed by atoms with van der Waals surface area (Å²) in [5.41, 5.74) is 1.83. The Hall–Kier alpha value is -2.95. The summed E-state index contributed by atoms with van der Waals surface area (Å²) in [7, 11) is 0. The number of aliphatic hydroxyl groups is 1. The topological polar surface area (TPSA) is 84.9 Å². The highest BCUT2D eigenvalue weighted by Gasteiger charge is 2.14. The van der Waals surface area contributed by atoms with E-state index in [1.54, 1.807) is 62.4 Å². The molecule has 0 spiro atoms. The van der Waals surface area contributed by atoms with E-state index in [2.05, 4.69) is 0 Å². The summed E-state index contributed by atoms with van der Waals surface area (Å²) in [4.78, 5) is 10.8. The van der Waals surface area contributed by atoms with Gasteiger partial charge in [0.1, 0.15) is 0 Å². The molecule has 4 nitrogen and oxygen atoms in total. The van der Waals surface area contributed by atoms with Crippen molar-refractivity contribution in [3.8, 4) is 12.1 Å². The van der Waals surface area contributed by atoms with E-state index < -0.39 is 5.60 Å². The Morgan fingerprint density at radius 2 is 1.30 bits per heavy atom. The third-order valence-electron chi connectivity index (χ3n) is 3.14. The molecular formula is C19H18N2O2. The molecule has 23 heavy (non-hydrogen) atoms. The normalized spacial score (nSPS) is 9.83. The van der Waals surface area contributed by atoms with Crippen LogP contribution in [-0.2, 0) is 5.60 Å². The van der Waals surface area contributed by atoms with Gasteiger partial charge in [0.15, 0.2) is 5.78 Å². The monoisotopic (exact) mass is 306 g/mol. The molecule has 0 aliphatic heterocycles. The van der Waals surface area contributed by atoms with Gasteiger partial charge in [-0.1, -0.05) is 24.3 Å². The smallest absolute Gasteiger partial charge is 0.159 e. The SMILES string of the molecule is CC(=O)c1ccc(C#N)cc1.CC(C)(O)c1ccc(C#N)cc1. The second-order valence-electron chi connectivity index (χ2n) is 5.49. The predicted molar refractivity (Wildman–Crippen MR) is 87.6 cm³/mol. The van der Waals surface area contributed by atoms with Crippen molar-refractivity contribution in [3.05, 3.63) is 70.8 Å². The van der Waals surface area contributed by atoms with Gasteiger partial charge in [0, 0.05) is 5.56 Å². The third kappa shape index (κ3) is 5.74. The Kier molecular flexibility index (Phi) is 6.21. The minimum Gasteiger partial charge on any atom is -0.386 e. The van der Waals surface area contributed by atoms with Gasteiger partial charge in [-0.15, -0.1) is 0 Å². The van der Waals surface area contributed by atoms with Gasteiger partial charge in [-0.25, -0.2) is 0 Å². The molecule has 0 fully saturated rings. The van der Waals surface area contributed by atoms with E-state index in [1.807, 2.05) is 12.1 Å². The molecule has 4 heteroatoms. The number of Topliss-reactive ketones (excluding diaryl/α,β-unsaturated/α-hetero) is 1. The highest BCUT2D eigenvalue weighted by atomic mass is 16.3. The molecule has 0 aliphatic carbocycles. The molecule has 2 aromatic rings. The fourth-order valence-electron chi connectivity index (χ4n) is 1.73. The molecular weight excluding hydrogens is 288 g/mol. The van der Waals surface area contributed by atoms with Crippen LogP contribution in [0.1, 0.15) is 47.8 Å².